The highest BCUT2D eigenvalue weighted by Crippen LogP contribution is 2.62. The van der Waals surface area contributed by atoms with Gasteiger partial charge in [0.25, 0.3) is 5.91 Å². The quantitative estimate of drug-likeness (QED) is 0.206. The van der Waals surface area contributed by atoms with Crippen LogP contribution in [0.2, 0.25) is 5.02 Å². The third-order valence-electron chi connectivity index (χ3n) is 7.57. The minimum absolute atomic E-state index is 0.0463. The monoisotopic (exact) mass is 459 g/mol. The van der Waals surface area contributed by atoms with Crippen molar-refractivity contribution in [3.8, 4) is 0 Å². The van der Waals surface area contributed by atoms with Crippen molar-refractivity contribution in [3.05, 3.63) is 28.8 Å². The van der Waals surface area contributed by atoms with Gasteiger partial charge in [0, 0.05) is 17.6 Å². The van der Waals surface area contributed by atoms with E-state index in [1.165, 1.54) is 6.42 Å². The van der Waals surface area contributed by atoms with Gasteiger partial charge in [-0.05, 0) is 73.1 Å². The van der Waals surface area contributed by atoms with Crippen LogP contribution >= 0.6 is 11.6 Å². The summed E-state index contributed by atoms with van der Waals surface area (Å²) in [6.07, 6.45) is 6.65. The molecule has 1 amide bonds. The number of hydrogen-bond acceptors (Lipinski definition) is 4. The number of benzene rings is 1. The maximum Gasteiger partial charge on any atom is 0.254 e. The molecule has 2 saturated carbocycles. The average molecular weight is 460 g/mol. The van der Waals surface area contributed by atoms with E-state index >= 15 is 0 Å². The number of nitrogens with one attached hydrogen (secondary N) is 1. The second-order valence-electron chi connectivity index (χ2n) is 10.4. The Bertz CT molecular complexity index is 892. The van der Waals surface area contributed by atoms with Crippen LogP contribution in [0.15, 0.2) is 33.4 Å². The largest absolute Gasteiger partial charge is 0.385 e. The van der Waals surface area contributed by atoms with Gasteiger partial charge >= 0.3 is 0 Å². The molecular formula is C25H38ClN5O. The fourth-order valence-electron chi connectivity index (χ4n) is 5.60. The number of hydrogen-bond donors (Lipinski definition) is 2. The van der Waals surface area contributed by atoms with Gasteiger partial charge in [-0.25, -0.2) is 0 Å². The van der Waals surface area contributed by atoms with Crippen LogP contribution in [0.25, 0.3) is 0 Å². The number of nitrogens with two attached hydrogens (primary N) is 1. The summed E-state index contributed by atoms with van der Waals surface area (Å²) in [5.74, 6) is 0.636. The topological polar surface area (TPSA) is 92.2 Å². The van der Waals surface area contributed by atoms with E-state index in [-0.39, 0.29) is 28.6 Å². The van der Waals surface area contributed by atoms with E-state index in [4.69, 9.17) is 17.3 Å². The normalized spacial score (nSPS) is 27.8. The maximum atomic E-state index is 13.4. The number of azo groups is 1. The lowest BCUT2D eigenvalue weighted by Crippen LogP contribution is -2.56. The number of fused-ring (bicyclic) bond motifs is 2. The van der Waals surface area contributed by atoms with Crippen LogP contribution in [0.3, 0.4) is 0 Å². The summed E-state index contributed by atoms with van der Waals surface area (Å²) >= 11 is 6.12. The first-order valence-electron chi connectivity index (χ1n) is 11.9. The summed E-state index contributed by atoms with van der Waals surface area (Å²) in [7, 11) is 0. The predicted molar refractivity (Wildman–Crippen MR) is 132 cm³/mol. The van der Waals surface area contributed by atoms with Gasteiger partial charge in [-0.1, -0.05) is 52.1 Å². The lowest BCUT2D eigenvalue weighted by atomic mass is 9.68. The molecule has 0 radical (unpaired) electrons. The van der Waals surface area contributed by atoms with E-state index in [0.29, 0.717) is 23.2 Å². The lowest BCUT2D eigenvalue weighted by molar-refractivity contribution is -0.123. The number of unbranched alkanes of at least 4 members (excludes halogenated alkanes) is 2. The van der Waals surface area contributed by atoms with E-state index in [0.717, 1.165) is 37.7 Å². The van der Waals surface area contributed by atoms with Gasteiger partial charge in [0.15, 0.2) is 0 Å². The third-order valence-corrected chi connectivity index (χ3v) is 8.00. The Morgan fingerprint density at radius 2 is 2.06 bits per heavy atom. The molecule has 0 heterocycles. The van der Waals surface area contributed by atoms with Crippen LogP contribution in [-0.4, -0.2) is 30.4 Å². The molecule has 4 unspecified atom stereocenters. The van der Waals surface area contributed by atoms with Crippen LogP contribution in [-0.2, 0) is 4.79 Å². The number of amides is 1. The highest BCUT2D eigenvalue weighted by molar-refractivity contribution is 6.31. The van der Waals surface area contributed by atoms with E-state index < -0.39 is 6.04 Å². The number of aryl methyl sites for hydroxylation is 1. The fraction of sp³-hybridized carbons (Fsp3) is 0.680. The number of rotatable bonds is 9. The molecule has 0 saturated heterocycles. The van der Waals surface area contributed by atoms with Gasteiger partial charge in [-0.2, -0.15) is 10.2 Å². The minimum atomic E-state index is -0.939. The highest BCUT2D eigenvalue weighted by Gasteiger charge is 2.60. The van der Waals surface area contributed by atoms with Gasteiger partial charge in [-0.3, -0.25) is 9.79 Å². The number of nitrogens with zero attached hydrogens (tertiary/aromatic N) is 3. The average Bonchev–Trinajstić information content (AvgIpc) is 3.22. The van der Waals surface area contributed by atoms with Gasteiger partial charge in [0.05, 0.1) is 5.69 Å². The smallest absolute Gasteiger partial charge is 0.254 e. The fourth-order valence-corrected chi connectivity index (χ4v) is 5.72. The number of amidine groups is 1. The Kier molecular flexibility index (Phi) is 7.64. The summed E-state index contributed by atoms with van der Waals surface area (Å²) in [5, 5.41) is 12.6. The van der Waals surface area contributed by atoms with Crippen molar-refractivity contribution in [2.75, 3.05) is 6.54 Å². The van der Waals surface area contributed by atoms with E-state index in [9.17, 15) is 4.79 Å². The molecule has 2 fully saturated rings. The molecule has 3 N–H and O–H groups in total. The summed E-state index contributed by atoms with van der Waals surface area (Å²) in [6.45, 7) is 11.5. The van der Waals surface area contributed by atoms with Crippen molar-refractivity contribution >= 4 is 29.0 Å². The van der Waals surface area contributed by atoms with Crippen molar-refractivity contribution < 1.29 is 4.79 Å². The first-order chi connectivity index (χ1) is 15.1. The van der Waals surface area contributed by atoms with Crippen molar-refractivity contribution in [3.63, 3.8) is 0 Å². The van der Waals surface area contributed by atoms with Gasteiger partial charge < -0.3 is 11.1 Å². The Morgan fingerprint density at radius 1 is 1.31 bits per heavy atom. The summed E-state index contributed by atoms with van der Waals surface area (Å²) in [4.78, 5) is 17.9. The lowest BCUT2D eigenvalue weighted by Gasteiger charge is -2.43. The first kappa shape index (κ1) is 24.7. The summed E-state index contributed by atoms with van der Waals surface area (Å²) in [6, 6.07) is 4.55. The summed E-state index contributed by atoms with van der Waals surface area (Å²) < 4.78 is 0. The number of carbonyl (C=O) groups is 1. The molecular weight excluding hydrogens is 422 g/mol. The molecule has 7 heteroatoms. The van der Waals surface area contributed by atoms with Crippen molar-refractivity contribution in [2.45, 2.75) is 85.2 Å². The van der Waals surface area contributed by atoms with Crippen molar-refractivity contribution in [2.24, 2.45) is 37.7 Å². The minimum Gasteiger partial charge on any atom is -0.385 e. The molecule has 4 atom stereocenters. The molecule has 2 aliphatic rings. The van der Waals surface area contributed by atoms with Crippen molar-refractivity contribution in [1.82, 2.24) is 5.32 Å². The number of aliphatic imine (C=N–C) groups is 1. The molecule has 6 nitrogen and oxygen atoms in total. The van der Waals surface area contributed by atoms with E-state index in [1.54, 1.807) is 12.1 Å². The highest BCUT2D eigenvalue weighted by atomic mass is 35.5. The van der Waals surface area contributed by atoms with Gasteiger partial charge in [0.2, 0.25) is 6.04 Å². The predicted octanol–water partition coefficient (Wildman–Crippen LogP) is 5.98. The Morgan fingerprint density at radius 3 is 2.69 bits per heavy atom. The maximum absolute atomic E-state index is 13.4. The number of carbonyl (C=O) groups excluding carboxylic acids is 1. The molecule has 0 aromatic heterocycles. The Hall–Kier alpha value is -1.95. The summed E-state index contributed by atoms with van der Waals surface area (Å²) in [5.41, 5.74) is 7.99. The number of halogens is 1. The zero-order valence-corrected chi connectivity index (χ0v) is 20.9. The van der Waals surface area contributed by atoms with Gasteiger partial charge in [-0.15, -0.1) is 0 Å². The molecule has 1 aromatic rings. The van der Waals surface area contributed by atoms with Crippen LogP contribution in [0.4, 0.5) is 5.69 Å². The molecule has 2 aliphatic carbocycles. The molecule has 1 aromatic carbocycles. The Labute approximate surface area is 197 Å². The third kappa shape index (κ3) is 5.16. The zero-order chi connectivity index (χ0) is 23.5. The molecule has 32 heavy (non-hydrogen) atoms. The first-order valence-corrected chi connectivity index (χ1v) is 12.2. The zero-order valence-electron chi connectivity index (χ0n) is 20.1. The molecule has 3 rings (SSSR count). The van der Waals surface area contributed by atoms with Crippen LogP contribution < -0.4 is 11.1 Å². The van der Waals surface area contributed by atoms with E-state index in [1.807, 2.05) is 13.0 Å². The van der Waals surface area contributed by atoms with Crippen LogP contribution in [0.1, 0.15) is 71.8 Å². The van der Waals surface area contributed by atoms with Crippen LogP contribution in [0, 0.1) is 23.7 Å². The Balaban J connectivity index is 1.81. The molecule has 2 bridgehead atoms. The van der Waals surface area contributed by atoms with Crippen LogP contribution in [0.5, 0.6) is 0 Å². The molecule has 0 spiro atoms. The molecule has 176 valence electrons. The van der Waals surface area contributed by atoms with Gasteiger partial charge in [0.1, 0.15) is 5.84 Å². The second-order valence-corrected chi connectivity index (χ2v) is 10.8. The van der Waals surface area contributed by atoms with E-state index in [2.05, 4.69) is 48.2 Å². The molecule has 0 aliphatic heterocycles. The SMILES string of the molecule is CCCCC/N=C(\N)C(/N=N/c1ccc(Cl)c(C)c1)C(=O)NC1C2(C)CCC(C2)C1(C)C. The van der Waals surface area contributed by atoms with Crippen molar-refractivity contribution in [1.29, 1.82) is 0 Å². The standard InChI is InChI=1S/C25H38ClN5O/c1-6-7-8-13-28-21(27)20(31-30-18-9-10-19(26)16(2)14-18)22(32)29-23-24(3,4)17-11-12-25(23,5)15-17/h9-10,14,17,20,23H,6-8,11-13,15H2,1-5H3,(H2,27,28)(H,29,32)/b31-30+. The second kappa shape index (κ2) is 9.90.